The summed E-state index contributed by atoms with van der Waals surface area (Å²) in [6, 6.07) is 5.91. The van der Waals surface area contributed by atoms with E-state index < -0.39 is 0 Å². The number of nitrogens with zero attached hydrogens (tertiary/aromatic N) is 1. The van der Waals surface area contributed by atoms with Crippen molar-refractivity contribution in [2.75, 3.05) is 13.7 Å². The molecule has 0 aliphatic carbocycles. The van der Waals surface area contributed by atoms with Gasteiger partial charge in [-0.2, -0.15) is 0 Å². The van der Waals surface area contributed by atoms with Gasteiger partial charge in [0.15, 0.2) is 0 Å². The zero-order chi connectivity index (χ0) is 14.0. The molecular formula is C14H21N3O2. The zero-order valence-corrected chi connectivity index (χ0v) is 11.7. The van der Waals surface area contributed by atoms with Gasteiger partial charge in [-0.05, 0) is 45.0 Å². The van der Waals surface area contributed by atoms with Crippen molar-refractivity contribution in [2.24, 2.45) is 0 Å². The van der Waals surface area contributed by atoms with Gasteiger partial charge in [0.2, 0.25) is 0 Å². The van der Waals surface area contributed by atoms with E-state index in [1.54, 1.807) is 0 Å². The number of fused-ring (bicyclic) bond motifs is 1. The molecule has 104 valence electrons. The highest BCUT2D eigenvalue weighted by Crippen LogP contribution is 2.20. The molecule has 5 heteroatoms. The number of aromatic nitrogens is 2. The van der Waals surface area contributed by atoms with Crippen LogP contribution in [0.1, 0.15) is 25.8 Å². The molecule has 2 aromatic rings. The summed E-state index contributed by atoms with van der Waals surface area (Å²) in [7, 11) is 2.04. The number of hydrogen-bond acceptors (Lipinski definition) is 3. The average molecular weight is 263 g/mol. The van der Waals surface area contributed by atoms with Crippen LogP contribution in [0.2, 0.25) is 0 Å². The van der Waals surface area contributed by atoms with Crippen LogP contribution in [0.3, 0.4) is 0 Å². The number of H-pyrrole nitrogens is 2. The van der Waals surface area contributed by atoms with Crippen LogP contribution in [0.4, 0.5) is 0 Å². The lowest BCUT2D eigenvalue weighted by molar-refractivity contribution is 0.110. The minimum Gasteiger partial charge on any atom is -0.396 e. The number of aliphatic hydroxyl groups is 1. The molecule has 0 aliphatic rings. The molecule has 0 atom stereocenters. The van der Waals surface area contributed by atoms with Crippen molar-refractivity contribution in [1.82, 2.24) is 14.9 Å². The molecule has 3 N–H and O–H groups in total. The van der Waals surface area contributed by atoms with Crippen LogP contribution in [-0.2, 0) is 6.54 Å². The molecule has 19 heavy (non-hydrogen) atoms. The molecule has 0 bridgehead atoms. The number of aromatic amines is 2. The van der Waals surface area contributed by atoms with Crippen LogP contribution in [0.15, 0.2) is 23.0 Å². The first-order valence-electron chi connectivity index (χ1n) is 6.45. The van der Waals surface area contributed by atoms with Gasteiger partial charge in [0.25, 0.3) is 0 Å². The molecule has 0 unspecified atom stereocenters. The Bertz CT molecular complexity index is 612. The topological polar surface area (TPSA) is 72.1 Å². The fourth-order valence-electron chi connectivity index (χ4n) is 2.13. The SMILES string of the molecule is CN(Cc1ccc2[nH]c(=O)[nH]c2c1)C(C)(C)CCO. The van der Waals surface area contributed by atoms with Gasteiger partial charge in [-0.1, -0.05) is 6.07 Å². The summed E-state index contributed by atoms with van der Waals surface area (Å²) in [6.45, 7) is 5.18. The lowest BCUT2D eigenvalue weighted by Crippen LogP contribution is -2.41. The Labute approximate surface area is 112 Å². The maximum atomic E-state index is 11.2. The predicted octanol–water partition coefficient (Wildman–Crippen LogP) is 1.45. The molecule has 0 radical (unpaired) electrons. The third-order valence-corrected chi connectivity index (χ3v) is 3.76. The second kappa shape index (κ2) is 5.19. The van der Waals surface area contributed by atoms with Crippen molar-refractivity contribution in [3.63, 3.8) is 0 Å². The first-order valence-corrected chi connectivity index (χ1v) is 6.45. The van der Waals surface area contributed by atoms with E-state index in [-0.39, 0.29) is 17.8 Å². The molecule has 1 aromatic heterocycles. The standard InChI is InChI=1S/C14H21N3O2/c1-14(2,6-7-18)17(3)9-10-4-5-11-12(8-10)16-13(19)15-11/h4-5,8,18H,6-7,9H2,1-3H3,(H2,15,16,19). The first kappa shape index (κ1) is 13.8. The summed E-state index contributed by atoms with van der Waals surface area (Å²) < 4.78 is 0. The van der Waals surface area contributed by atoms with Gasteiger partial charge in [0, 0.05) is 18.7 Å². The van der Waals surface area contributed by atoms with E-state index in [4.69, 9.17) is 5.11 Å². The largest absolute Gasteiger partial charge is 0.396 e. The number of imidazole rings is 1. The second-order valence-corrected chi connectivity index (χ2v) is 5.60. The van der Waals surface area contributed by atoms with Gasteiger partial charge in [-0.25, -0.2) is 4.79 Å². The van der Waals surface area contributed by atoms with Gasteiger partial charge in [0.1, 0.15) is 0 Å². The molecule has 1 heterocycles. The summed E-state index contributed by atoms with van der Waals surface area (Å²) in [5.74, 6) is 0. The molecule has 0 aliphatic heterocycles. The lowest BCUT2D eigenvalue weighted by atomic mass is 9.98. The van der Waals surface area contributed by atoms with E-state index in [9.17, 15) is 4.79 Å². The van der Waals surface area contributed by atoms with E-state index in [0.29, 0.717) is 0 Å². The van der Waals surface area contributed by atoms with E-state index in [2.05, 4.69) is 28.7 Å². The maximum absolute atomic E-state index is 11.2. The minimum atomic E-state index is -0.180. The van der Waals surface area contributed by atoms with Crippen molar-refractivity contribution in [2.45, 2.75) is 32.4 Å². The number of nitrogens with one attached hydrogen (secondary N) is 2. The highest BCUT2D eigenvalue weighted by molar-refractivity contribution is 5.74. The number of aliphatic hydroxyl groups excluding tert-OH is 1. The van der Waals surface area contributed by atoms with E-state index >= 15 is 0 Å². The second-order valence-electron chi connectivity index (χ2n) is 5.60. The molecule has 0 saturated heterocycles. The first-order chi connectivity index (χ1) is 8.92. The fourth-order valence-corrected chi connectivity index (χ4v) is 2.13. The van der Waals surface area contributed by atoms with E-state index in [0.717, 1.165) is 29.6 Å². The third-order valence-electron chi connectivity index (χ3n) is 3.76. The zero-order valence-electron chi connectivity index (χ0n) is 11.7. The fraction of sp³-hybridized carbons (Fsp3) is 0.500. The summed E-state index contributed by atoms with van der Waals surface area (Å²) >= 11 is 0. The molecule has 0 saturated carbocycles. The Morgan fingerprint density at radius 3 is 2.63 bits per heavy atom. The van der Waals surface area contributed by atoms with Crippen LogP contribution < -0.4 is 5.69 Å². The van der Waals surface area contributed by atoms with Crippen molar-refractivity contribution < 1.29 is 5.11 Å². The van der Waals surface area contributed by atoms with Gasteiger partial charge in [-0.3, -0.25) is 4.90 Å². The van der Waals surface area contributed by atoms with Crippen molar-refractivity contribution in [3.8, 4) is 0 Å². The summed E-state index contributed by atoms with van der Waals surface area (Å²) in [4.78, 5) is 18.9. The van der Waals surface area contributed by atoms with Gasteiger partial charge >= 0.3 is 5.69 Å². The summed E-state index contributed by atoms with van der Waals surface area (Å²) in [5.41, 5.74) is 2.55. The minimum absolute atomic E-state index is 0.0603. The van der Waals surface area contributed by atoms with Crippen molar-refractivity contribution in [1.29, 1.82) is 0 Å². The lowest BCUT2D eigenvalue weighted by Gasteiger charge is -2.35. The van der Waals surface area contributed by atoms with E-state index in [1.165, 1.54) is 0 Å². The smallest absolute Gasteiger partial charge is 0.323 e. The Morgan fingerprint density at radius 2 is 1.95 bits per heavy atom. The third kappa shape index (κ3) is 3.05. The Morgan fingerprint density at radius 1 is 1.26 bits per heavy atom. The van der Waals surface area contributed by atoms with Crippen LogP contribution in [0.5, 0.6) is 0 Å². The Hall–Kier alpha value is -1.59. The summed E-state index contributed by atoms with van der Waals surface area (Å²) in [5, 5.41) is 9.09. The average Bonchev–Trinajstić information content (AvgIpc) is 2.68. The van der Waals surface area contributed by atoms with Crippen LogP contribution in [0, 0.1) is 0 Å². The number of rotatable bonds is 5. The number of benzene rings is 1. The Balaban J connectivity index is 2.18. The van der Waals surface area contributed by atoms with Crippen molar-refractivity contribution in [3.05, 3.63) is 34.2 Å². The number of hydrogen-bond donors (Lipinski definition) is 3. The molecular weight excluding hydrogens is 242 g/mol. The van der Waals surface area contributed by atoms with Crippen molar-refractivity contribution >= 4 is 11.0 Å². The van der Waals surface area contributed by atoms with Gasteiger partial charge < -0.3 is 15.1 Å². The molecule has 0 amide bonds. The highest BCUT2D eigenvalue weighted by Gasteiger charge is 2.22. The monoisotopic (exact) mass is 263 g/mol. The normalized spacial score (nSPS) is 12.5. The maximum Gasteiger partial charge on any atom is 0.323 e. The van der Waals surface area contributed by atoms with Gasteiger partial charge in [0.05, 0.1) is 11.0 Å². The van der Waals surface area contributed by atoms with Crippen LogP contribution >= 0.6 is 0 Å². The quantitative estimate of drug-likeness (QED) is 0.764. The van der Waals surface area contributed by atoms with Crippen LogP contribution in [-0.4, -0.2) is 39.2 Å². The predicted molar refractivity (Wildman–Crippen MR) is 76.2 cm³/mol. The van der Waals surface area contributed by atoms with Crippen LogP contribution in [0.25, 0.3) is 11.0 Å². The molecule has 5 nitrogen and oxygen atoms in total. The summed E-state index contributed by atoms with van der Waals surface area (Å²) in [6.07, 6.45) is 0.729. The van der Waals surface area contributed by atoms with E-state index in [1.807, 2.05) is 25.2 Å². The van der Waals surface area contributed by atoms with Gasteiger partial charge in [-0.15, -0.1) is 0 Å². The Kier molecular flexibility index (Phi) is 3.78. The molecule has 1 aromatic carbocycles. The highest BCUT2D eigenvalue weighted by atomic mass is 16.3. The molecule has 0 fully saturated rings. The molecule has 2 rings (SSSR count). The molecule has 0 spiro atoms.